The third kappa shape index (κ3) is 4.33. The number of anilines is 1. The van der Waals surface area contributed by atoms with Gasteiger partial charge in [0, 0.05) is 35.3 Å². The highest BCUT2D eigenvalue weighted by molar-refractivity contribution is 6.33. The number of aromatic amines is 1. The fourth-order valence-corrected chi connectivity index (χ4v) is 8.02. The van der Waals surface area contributed by atoms with Crippen molar-refractivity contribution in [2.24, 2.45) is 0 Å². The molecular formula is C31H35ClFN7O2. The molecule has 2 N–H and O–H groups in total. The molecule has 0 radical (unpaired) electrons. The predicted molar refractivity (Wildman–Crippen MR) is 160 cm³/mol. The van der Waals surface area contributed by atoms with Crippen LogP contribution in [0.1, 0.15) is 69.8 Å². The van der Waals surface area contributed by atoms with Crippen LogP contribution in [0, 0.1) is 5.82 Å². The van der Waals surface area contributed by atoms with Crippen molar-refractivity contribution in [2.45, 2.75) is 75.3 Å². The number of halogens is 2. The van der Waals surface area contributed by atoms with Gasteiger partial charge in [0.05, 0.1) is 28.2 Å². The standard InChI is InChI=1S/C31H35ClFN7O2/c1-30(41)7-2-10-39(16-30)28-20-14-34-27(24-19-15-35-38-22(19)13-21(32)23(24)18-5-6-18)25(33)26(20)36-29(37-28)42-17-31-8-3-11-40(31)12-4-9-31/h13-15,18,41H,2-12,16-17H2,1H3,(H,35,38)/t30-/m1/s1. The number of benzene rings is 1. The highest BCUT2D eigenvalue weighted by Crippen LogP contribution is 2.50. The fraction of sp³-hybridized carbons (Fsp3) is 0.548. The quantitative estimate of drug-likeness (QED) is 0.299. The average Bonchev–Trinajstić information content (AvgIpc) is 3.35. The third-order valence-corrected chi connectivity index (χ3v) is 10.2. The van der Waals surface area contributed by atoms with Crippen LogP contribution in [0.2, 0.25) is 5.02 Å². The van der Waals surface area contributed by atoms with E-state index in [0.717, 1.165) is 74.5 Å². The van der Waals surface area contributed by atoms with Gasteiger partial charge in [-0.25, -0.2) is 4.39 Å². The van der Waals surface area contributed by atoms with Crippen molar-refractivity contribution in [1.82, 2.24) is 30.0 Å². The number of β-amino-alcohol motifs (C(OH)–C–C–N with tert-alkyl or cyclic N) is 1. The normalized spacial score (nSPS) is 24.1. The molecule has 3 aromatic heterocycles. The first kappa shape index (κ1) is 26.5. The predicted octanol–water partition coefficient (Wildman–Crippen LogP) is 5.60. The Morgan fingerprint density at radius 2 is 1.88 bits per heavy atom. The summed E-state index contributed by atoms with van der Waals surface area (Å²) in [6, 6.07) is 2.03. The third-order valence-electron chi connectivity index (χ3n) is 9.86. The van der Waals surface area contributed by atoms with Crippen LogP contribution in [0.4, 0.5) is 10.2 Å². The topological polar surface area (TPSA) is 103 Å². The summed E-state index contributed by atoms with van der Waals surface area (Å²) in [6.45, 7) is 5.56. The van der Waals surface area contributed by atoms with Gasteiger partial charge in [-0.15, -0.1) is 0 Å². The van der Waals surface area contributed by atoms with Crippen molar-refractivity contribution in [3.63, 3.8) is 0 Å². The first-order valence-electron chi connectivity index (χ1n) is 15.2. The molecule has 1 aliphatic carbocycles. The number of H-pyrrole nitrogens is 1. The van der Waals surface area contributed by atoms with E-state index in [9.17, 15) is 5.11 Å². The van der Waals surface area contributed by atoms with Crippen molar-refractivity contribution in [1.29, 1.82) is 0 Å². The van der Waals surface area contributed by atoms with Gasteiger partial charge in [0.15, 0.2) is 5.82 Å². The molecule has 4 fully saturated rings. The number of hydrogen-bond acceptors (Lipinski definition) is 8. The summed E-state index contributed by atoms with van der Waals surface area (Å²) in [5.41, 5.74) is 1.82. The largest absolute Gasteiger partial charge is 0.461 e. The molecule has 0 bridgehead atoms. The number of piperidine rings is 1. The van der Waals surface area contributed by atoms with Crippen molar-refractivity contribution in [3.05, 3.63) is 34.9 Å². The number of nitrogens with one attached hydrogen (secondary N) is 1. The summed E-state index contributed by atoms with van der Waals surface area (Å²) < 4.78 is 23.2. The van der Waals surface area contributed by atoms with E-state index in [0.29, 0.717) is 47.9 Å². The summed E-state index contributed by atoms with van der Waals surface area (Å²) in [4.78, 5) is 18.8. The number of nitrogens with zero attached hydrogens (tertiary/aromatic N) is 6. The Kier molecular flexibility index (Phi) is 6.14. The molecule has 11 heteroatoms. The van der Waals surface area contributed by atoms with E-state index >= 15 is 4.39 Å². The Hall–Kier alpha value is -3.08. The van der Waals surface area contributed by atoms with Gasteiger partial charge in [0.1, 0.15) is 23.6 Å². The van der Waals surface area contributed by atoms with Crippen LogP contribution >= 0.6 is 11.6 Å². The molecule has 42 heavy (non-hydrogen) atoms. The minimum atomic E-state index is -0.873. The molecule has 1 aromatic carbocycles. The Morgan fingerprint density at radius 1 is 1.10 bits per heavy atom. The van der Waals surface area contributed by atoms with Crippen LogP contribution in [0.5, 0.6) is 6.01 Å². The van der Waals surface area contributed by atoms with Crippen LogP contribution in [-0.4, -0.2) is 79.1 Å². The summed E-state index contributed by atoms with van der Waals surface area (Å²) >= 11 is 6.77. The number of pyridine rings is 1. The minimum absolute atomic E-state index is 0.00205. The maximum absolute atomic E-state index is 16.9. The zero-order valence-corrected chi connectivity index (χ0v) is 24.6. The van der Waals surface area contributed by atoms with Crippen LogP contribution in [0.3, 0.4) is 0 Å². The molecule has 1 saturated carbocycles. The number of fused-ring (bicyclic) bond motifs is 3. The molecule has 0 unspecified atom stereocenters. The monoisotopic (exact) mass is 591 g/mol. The fourth-order valence-electron chi connectivity index (χ4n) is 7.66. The van der Waals surface area contributed by atoms with Crippen molar-refractivity contribution >= 4 is 39.2 Å². The van der Waals surface area contributed by atoms with E-state index in [1.165, 1.54) is 0 Å². The highest BCUT2D eigenvalue weighted by Gasteiger charge is 2.45. The molecule has 220 valence electrons. The molecule has 3 saturated heterocycles. The van der Waals surface area contributed by atoms with Crippen LogP contribution in [0.15, 0.2) is 18.5 Å². The van der Waals surface area contributed by atoms with Crippen LogP contribution in [-0.2, 0) is 0 Å². The summed E-state index contributed by atoms with van der Waals surface area (Å²) in [7, 11) is 0. The second kappa shape index (κ2) is 9.72. The van der Waals surface area contributed by atoms with E-state index in [1.807, 2.05) is 17.9 Å². The van der Waals surface area contributed by atoms with Gasteiger partial charge in [-0.05, 0) is 88.9 Å². The van der Waals surface area contributed by atoms with E-state index < -0.39 is 11.4 Å². The number of hydrogen-bond donors (Lipinski definition) is 2. The number of ether oxygens (including phenoxy) is 1. The minimum Gasteiger partial charge on any atom is -0.461 e. The molecule has 4 aromatic rings. The molecule has 9 nitrogen and oxygen atoms in total. The van der Waals surface area contributed by atoms with E-state index in [1.54, 1.807) is 12.4 Å². The first-order chi connectivity index (χ1) is 20.3. The maximum Gasteiger partial charge on any atom is 0.319 e. The van der Waals surface area contributed by atoms with Crippen molar-refractivity contribution in [2.75, 3.05) is 37.7 Å². The molecule has 0 spiro atoms. The Morgan fingerprint density at radius 3 is 2.64 bits per heavy atom. The highest BCUT2D eigenvalue weighted by atomic mass is 35.5. The summed E-state index contributed by atoms with van der Waals surface area (Å²) in [6.07, 6.45) is 11.4. The van der Waals surface area contributed by atoms with Gasteiger partial charge in [-0.3, -0.25) is 15.0 Å². The zero-order valence-electron chi connectivity index (χ0n) is 23.8. The Balaban J connectivity index is 1.28. The smallest absolute Gasteiger partial charge is 0.319 e. The lowest BCUT2D eigenvalue weighted by atomic mass is 9.94. The summed E-state index contributed by atoms with van der Waals surface area (Å²) in [5, 5.41) is 20.0. The van der Waals surface area contributed by atoms with Gasteiger partial charge < -0.3 is 14.7 Å². The van der Waals surface area contributed by atoms with Crippen molar-refractivity contribution in [3.8, 4) is 17.3 Å². The molecule has 3 aliphatic heterocycles. The van der Waals surface area contributed by atoms with E-state index in [4.69, 9.17) is 31.3 Å². The Bertz CT molecular complexity index is 1690. The van der Waals surface area contributed by atoms with Gasteiger partial charge in [0.2, 0.25) is 0 Å². The lowest BCUT2D eigenvalue weighted by molar-refractivity contribution is 0.0447. The van der Waals surface area contributed by atoms with E-state index in [-0.39, 0.29) is 28.7 Å². The summed E-state index contributed by atoms with van der Waals surface area (Å²) in [5.74, 6) is 0.277. The second-order valence-corrected chi connectivity index (χ2v) is 13.4. The molecule has 0 amide bonds. The number of aliphatic hydroxyl groups is 1. The van der Waals surface area contributed by atoms with E-state index in [2.05, 4.69) is 15.1 Å². The molecule has 6 heterocycles. The van der Waals surface area contributed by atoms with Gasteiger partial charge >= 0.3 is 6.01 Å². The Labute approximate surface area is 248 Å². The SMILES string of the molecule is C[C@@]1(O)CCCN(c2nc(OCC34CCCN3CCC4)nc3c(F)c(-c4c(C5CC5)c(Cl)cc5[nH]ncc45)ncc23)C1. The number of rotatable bonds is 6. The number of aromatic nitrogens is 5. The molecular weight excluding hydrogens is 557 g/mol. The maximum atomic E-state index is 16.9. The van der Waals surface area contributed by atoms with Crippen LogP contribution < -0.4 is 9.64 Å². The average molecular weight is 592 g/mol. The lowest BCUT2D eigenvalue weighted by Crippen LogP contribution is -2.46. The first-order valence-corrected chi connectivity index (χ1v) is 15.6. The van der Waals surface area contributed by atoms with Crippen molar-refractivity contribution < 1.29 is 14.2 Å². The van der Waals surface area contributed by atoms with Gasteiger partial charge in [0.25, 0.3) is 0 Å². The van der Waals surface area contributed by atoms with Gasteiger partial charge in [-0.1, -0.05) is 11.6 Å². The molecule has 8 rings (SSSR count). The lowest BCUT2D eigenvalue weighted by Gasteiger charge is -2.38. The zero-order chi connectivity index (χ0) is 28.6. The van der Waals surface area contributed by atoms with Crippen LogP contribution in [0.25, 0.3) is 33.1 Å². The molecule has 1 atom stereocenters. The second-order valence-electron chi connectivity index (χ2n) is 13.0. The molecule has 4 aliphatic rings. The van der Waals surface area contributed by atoms with Gasteiger partial charge in [-0.2, -0.15) is 15.1 Å².